The van der Waals surface area contributed by atoms with Gasteiger partial charge in [0.25, 0.3) is 17.6 Å². The molecule has 0 aromatic carbocycles. The lowest BCUT2D eigenvalue weighted by molar-refractivity contribution is -0.117. The van der Waals surface area contributed by atoms with Crippen LogP contribution in [-0.4, -0.2) is 45.4 Å². The summed E-state index contributed by atoms with van der Waals surface area (Å²) in [6.07, 6.45) is 2.41. The number of aliphatic hydroxyl groups excluding tert-OH is 1. The lowest BCUT2D eigenvalue weighted by Gasteiger charge is -2.21. The number of rotatable bonds is 7. The SMILES string of the molecule is Cc1cc(NC(=O)c2c(Cl)c(C(=O)C(=O)NCC(C)(C)CO)n3c2CCC3)cnc1F. The van der Waals surface area contributed by atoms with Gasteiger partial charge in [0.15, 0.2) is 0 Å². The molecule has 3 heterocycles. The van der Waals surface area contributed by atoms with Crippen molar-refractivity contribution in [2.24, 2.45) is 5.41 Å². The van der Waals surface area contributed by atoms with E-state index in [0.717, 1.165) is 0 Å². The Morgan fingerprint density at radius 3 is 2.71 bits per heavy atom. The molecule has 0 bridgehead atoms. The summed E-state index contributed by atoms with van der Waals surface area (Å²) >= 11 is 6.42. The number of nitrogens with one attached hydrogen (secondary N) is 2. The van der Waals surface area contributed by atoms with Crippen LogP contribution in [0.1, 0.15) is 52.4 Å². The normalized spacial score (nSPS) is 13.1. The fourth-order valence-corrected chi connectivity index (χ4v) is 3.76. The number of anilines is 1. The van der Waals surface area contributed by atoms with Crippen molar-refractivity contribution in [3.8, 4) is 0 Å². The predicted molar refractivity (Wildman–Crippen MR) is 113 cm³/mol. The van der Waals surface area contributed by atoms with Gasteiger partial charge in [-0.1, -0.05) is 25.4 Å². The second-order valence-electron chi connectivity index (χ2n) is 8.36. The second kappa shape index (κ2) is 8.76. The molecule has 1 aliphatic rings. The first-order valence-corrected chi connectivity index (χ1v) is 10.2. The van der Waals surface area contributed by atoms with Gasteiger partial charge in [0.1, 0.15) is 5.69 Å². The van der Waals surface area contributed by atoms with Crippen LogP contribution in [-0.2, 0) is 17.8 Å². The Bertz CT molecular complexity index is 1060. The lowest BCUT2D eigenvalue weighted by Crippen LogP contribution is -2.40. The van der Waals surface area contributed by atoms with E-state index in [1.165, 1.54) is 19.2 Å². The Hall–Kier alpha value is -2.78. The molecule has 0 saturated carbocycles. The van der Waals surface area contributed by atoms with Crippen molar-refractivity contribution >= 4 is 34.9 Å². The van der Waals surface area contributed by atoms with Crippen LogP contribution >= 0.6 is 11.6 Å². The van der Waals surface area contributed by atoms with Crippen LogP contribution in [0.15, 0.2) is 12.3 Å². The summed E-state index contributed by atoms with van der Waals surface area (Å²) in [5.74, 6) is -2.91. The van der Waals surface area contributed by atoms with Crippen molar-refractivity contribution < 1.29 is 23.9 Å². The number of pyridine rings is 1. The van der Waals surface area contributed by atoms with E-state index in [1.54, 1.807) is 18.4 Å². The van der Waals surface area contributed by atoms with Gasteiger partial charge in [-0.25, -0.2) is 4.98 Å². The summed E-state index contributed by atoms with van der Waals surface area (Å²) in [6, 6.07) is 1.44. The van der Waals surface area contributed by atoms with Crippen LogP contribution in [0.5, 0.6) is 0 Å². The molecule has 0 aliphatic carbocycles. The highest BCUT2D eigenvalue weighted by molar-refractivity contribution is 6.48. The highest BCUT2D eigenvalue weighted by Crippen LogP contribution is 2.34. The summed E-state index contributed by atoms with van der Waals surface area (Å²) in [5, 5.41) is 14.4. The second-order valence-corrected chi connectivity index (χ2v) is 8.74. The minimum absolute atomic E-state index is 0.0352. The summed E-state index contributed by atoms with van der Waals surface area (Å²) in [7, 11) is 0. The van der Waals surface area contributed by atoms with Crippen LogP contribution < -0.4 is 10.6 Å². The van der Waals surface area contributed by atoms with Gasteiger partial charge < -0.3 is 20.3 Å². The Balaban J connectivity index is 1.88. The molecule has 2 aromatic rings. The third kappa shape index (κ3) is 4.62. The highest BCUT2D eigenvalue weighted by Gasteiger charge is 2.34. The van der Waals surface area contributed by atoms with Gasteiger partial charge in [-0.15, -0.1) is 0 Å². The standard InChI is InChI=1S/C21H24ClFN4O4/c1-11-7-12(8-24-18(11)23)26-19(30)14-13-5-4-6-27(13)16(15(14)22)17(29)20(31)25-9-21(2,3)10-28/h7-8,28H,4-6,9-10H2,1-3H3,(H,25,31)(H,26,30). The molecule has 0 spiro atoms. The Kier molecular flexibility index (Phi) is 6.47. The van der Waals surface area contributed by atoms with Crippen LogP contribution in [0.2, 0.25) is 5.02 Å². The van der Waals surface area contributed by atoms with E-state index in [0.29, 0.717) is 25.1 Å². The van der Waals surface area contributed by atoms with Crippen molar-refractivity contribution in [3.63, 3.8) is 0 Å². The Morgan fingerprint density at radius 2 is 2.06 bits per heavy atom. The molecule has 0 fully saturated rings. The number of aliphatic hydroxyl groups is 1. The number of nitrogens with zero attached hydrogens (tertiary/aromatic N) is 2. The van der Waals surface area contributed by atoms with Gasteiger partial charge in [-0.3, -0.25) is 14.4 Å². The molecular formula is C21H24ClFN4O4. The number of aromatic nitrogens is 2. The smallest absolute Gasteiger partial charge is 0.294 e. The molecule has 0 atom stereocenters. The molecule has 3 N–H and O–H groups in total. The minimum Gasteiger partial charge on any atom is -0.396 e. The van der Waals surface area contributed by atoms with E-state index in [4.69, 9.17) is 11.6 Å². The molecule has 8 nitrogen and oxygen atoms in total. The first-order valence-electron chi connectivity index (χ1n) is 9.83. The van der Waals surface area contributed by atoms with Gasteiger partial charge in [0.2, 0.25) is 5.95 Å². The van der Waals surface area contributed by atoms with E-state index in [9.17, 15) is 23.9 Å². The summed E-state index contributed by atoms with van der Waals surface area (Å²) in [6.45, 7) is 5.40. The first kappa shape index (κ1) is 22.9. The average Bonchev–Trinajstić information content (AvgIpc) is 3.27. The molecular weight excluding hydrogens is 427 g/mol. The van der Waals surface area contributed by atoms with E-state index < -0.39 is 29.0 Å². The number of hydrogen-bond donors (Lipinski definition) is 3. The minimum atomic E-state index is -0.860. The number of hydrogen-bond acceptors (Lipinski definition) is 5. The Morgan fingerprint density at radius 1 is 1.35 bits per heavy atom. The zero-order valence-corrected chi connectivity index (χ0v) is 18.3. The van der Waals surface area contributed by atoms with Crippen molar-refractivity contribution in [1.82, 2.24) is 14.9 Å². The summed E-state index contributed by atoms with van der Waals surface area (Å²) in [5.41, 5.74) is 0.619. The fourth-order valence-electron chi connectivity index (χ4n) is 3.38. The molecule has 166 valence electrons. The van der Waals surface area contributed by atoms with Crippen molar-refractivity contribution in [1.29, 1.82) is 0 Å². The highest BCUT2D eigenvalue weighted by atomic mass is 35.5. The van der Waals surface area contributed by atoms with Crippen molar-refractivity contribution in [2.75, 3.05) is 18.5 Å². The number of ketones is 1. The molecule has 0 saturated heterocycles. The van der Waals surface area contributed by atoms with E-state index in [1.807, 2.05) is 0 Å². The van der Waals surface area contributed by atoms with Crippen LogP contribution in [0, 0.1) is 18.3 Å². The largest absolute Gasteiger partial charge is 0.396 e. The Labute approximate surface area is 183 Å². The van der Waals surface area contributed by atoms with Gasteiger partial charge in [-0.05, 0) is 25.8 Å². The molecule has 10 heteroatoms. The number of aryl methyl sites for hydroxylation is 1. The maximum atomic E-state index is 13.4. The zero-order valence-electron chi connectivity index (χ0n) is 17.5. The van der Waals surface area contributed by atoms with Gasteiger partial charge >= 0.3 is 0 Å². The van der Waals surface area contributed by atoms with E-state index >= 15 is 0 Å². The number of carbonyl (C=O) groups is 3. The number of halogens is 2. The summed E-state index contributed by atoms with van der Waals surface area (Å²) < 4.78 is 15.0. The number of carbonyl (C=O) groups excluding carboxylic acids is 3. The zero-order chi connectivity index (χ0) is 22.9. The van der Waals surface area contributed by atoms with Gasteiger partial charge in [-0.2, -0.15) is 4.39 Å². The summed E-state index contributed by atoms with van der Waals surface area (Å²) in [4.78, 5) is 41.8. The lowest BCUT2D eigenvalue weighted by atomic mass is 9.95. The molecule has 0 radical (unpaired) electrons. The number of amides is 2. The van der Waals surface area contributed by atoms with Gasteiger partial charge in [0, 0.05) is 36.4 Å². The number of Topliss-reactive ketones (excluding diaryl/α,β-unsaturated/α-hetero) is 1. The molecule has 2 aromatic heterocycles. The molecule has 0 unspecified atom stereocenters. The van der Waals surface area contributed by atoms with E-state index in [2.05, 4.69) is 15.6 Å². The third-order valence-electron chi connectivity index (χ3n) is 5.18. The van der Waals surface area contributed by atoms with E-state index in [-0.39, 0.29) is 40.7 Å². The molecule has 2 amide bonds. The maximum absolute atomic E-state index is 13.4. The van der Waals surface area contributed by atoms with Crippen molar-refractivity contribution in [3.05, 3.63) is 45.7 Å². The molecule has 1 aliphatic heterocycles. The molecule has 3 rings (SSSR count). The number of fused-ring (bicyclic) bond motifs is 1. The predicted octanol–water partition coefficient (Wildman–Crippen LogP) is 2.50. The van der Waals surface area contributed by atoms with Crippen LogP contribution in [0.4, 0.5) is 10.1 Å². The van der Waals surface area contributed by atoms with Crippen molar-refractivity contribution in [2.45, 2.75) is 40.2 Å². The maximum Gasteiger partial charge on any atom is 0.294 e. The fraction of sp³-hybridized carbons (Fsp3) is 0.429. The van der Waals surface area contributed by atoms with Crippen LogP contribution in [0.25, 0.3) is 0 Å². The van der Waals surface area contributed by atoms with Crippen LogP contribution in [0.3, 0.4) is 0 Å². The monoisotopic (exact) mass is 450 g/mol. The van der Waals surface area contributed by atoms with Gasteiger partial charge in [0.05, 0.1) is 22.5 Å². The third-order valence-corrected chi connectivity index (χ3v) is 5.55. The topological polar surface area (TPSA) is 113 Å². The first-order chi connectivity index (χ1) is 14.6. The quantitative estimate of drug-likeness (QED) is 0.341. The molecule has 31 heavy (non-hydrogen) atoms. The average molecular weight is 451 g/mol.